The Morgan fingerprint density at radius 2 is 1.92 bits per heavy atom. The van der Waals surface area contributed by atoms with Gasteiger partial charge in [0.15, 0.2) is 0 Å². The van der Waals surface area contributed by atoms with Crippen molar-refractivity contribution in [3.8, 4) is 6.07 Å². The van der Waals surface area contributed by atoms with Gasteiger partial charge in [0.2, 0.25) is 0 Å². The fourth-order valence-electron chi connectivity index (χ4n) is 0.611. The Bertz CT molecular complexity index is 286. The van der Waals surface area contributed by atoms with Gasteiger partial charge < -0.3 is 10.0 Å². The summed E-state index contributed by atoms with van der Waals surface area (Å²) in [5, 5.41) is 28.8. The second kappa shape index (κ2) is 7.25. The first-order chi connectivity index (χ1) is 5.24. The van der Waals surface area contributed by atoms with Crippen LogP contribution in [0.5, 0.6) is 0 Å². The van der Waals surface area contributed by atoms with Crippen molar-refractivity contribution >= 4 is 12.7 Å². The van der Waals surface area contributed by atoms with Crippen molar-refractivity contribution in [3.05, 3.63) is 23.9 Å². The van der Waals surface area contributed by atoms with Crippen LogP contribution in [-0.2, 0) is 0 Å². The molecule has 1 aromatic heterocycles. The van der Waals surface area contributed by atoms with Crippen LogP contribution >= 0.6 is 0 Å². The predicted molar refractivity (Wildman–Crippen MR) is 34.3 cm³/mol. The Morgan fingerprint density at radius 1 is 1.31 bits per heavy atom. The summed E-state index contributed by atoms with van der Waals surface area (Å²) in [5.74, 6) is 0. The maximum absolute atomic E-state index is 10.2. The van der Waals surface area contributed by atoms with Gasteiger partial charge in [-0.2, -0.15) is 5.26 Å². The van der Waals surface area contributed by atoms with E-state index in [2.05, 4.69) is 4.98 Å². The molecule has 4 nitrogen and oxygen atoms in total. The summed E-state index contributed by atoms with van der Waals surface area (Å²) >= 11 is 0. The van der Waals surface area contributed by atoms with E-state index in [1.54, 1.807) is 0 Å². The van der Waals surface area contributed by atoms with Gasteiger partial charge in [-0.05, 0) is 18.8 Å². The van der Waals surface area contributed by atoms with Crippen LogP contribution in [0.1, 0.15) is 5.56 Å². The molecule has 13 heavy (non-hydrogen) atoms. The summed E-state index contributed by atoms with van der Waals surface area (Å²) in [7, 11) is -2.07. The van der Waals surface area contributed by atoms with Gasteiger partial charge in [-0.3, -0.25) is 4.98 Å². The Morgan fingerprint density at radius 3 is 2.23 bits per heavy atom. The molecule has 1 heterocycles. The molecular formula is C6H3BLi2N2O2. The molecule has 0 amide bonds. The predicted octanol–water partition coefficient (Wildman–Crippen LogP) is -8.62. The molecule has 0 atom stereocenters. The summed E-state index contributed by atoms with van der Waals surface area (Å²) < 4.78 is 0. The van der Waals surface area contributed by atoms with Gasteiger partial charge in [-0.15, -0.1) is 0 Å². The fourth-order valence-corrected chi connectivity index (χ4v) is 0.611. The van der Waals surface area contributed by atoms with Crippen LogP contribution in [0, 0.1) is 11.3 Å². The quantitative estimate of drug-likeness (QED) is 0.381. The van der Waals surface area contributed by atoms with E-state index < -0.39 is 7.12 Å². The van der Waals surface area contributed by atoms with E-state index in [-0.39, 0.29) is 43.3 Å². The first kappa shape index (κ1) is 15.3. The van der Waals surface area contributed by atoms with E-state index in [0.717, 1.165) is 0 Å². The van der Waals surface area contributed by atoms with E-state index in [9.17, 15) is 10.0 Å². The minimum Gasteiger partial charge on any atom is -0.888 e. The molecule has 7 heteroatoms. The summed E-state index contributed by atoms with van der Waals surface area (Å²) in [5.41, 5.74) is 0.262. The van der Waals surface area contributed by atoms with Crippen molar-refractivity contribution in [2.24, 2.45) is 0 Å². The molecule has 0 fully saturated rings. The van der Waals surface area contributed by atoms with E-state index >= 15 is 0 Å². The average molecular weight is 160 g/mol. The number of pyridine rings is 1. The first-order valence-electron chi connectivity index (χ1n) is 2.91. The van der Waals surface area contributed by atoms with Crippen LogP contribution in [-0.4, -0.2) is 12.1 Å². The summed E-state index contributed by atoms with van der Waals surface area (Å²) in [6, 6.07) is 4.49. The maximum Gasteiger partial charge on any atom is 1.00 e. The number of nitriles is 1. The zero-order valence-electron chi connectivity index (χ0n) is 7.52. The zero-order valence-corrected chi connectivity index (χ0v) is 7.52. The zero-order chi connectivity index (χ0) is 8.27. The van der Waals surface area contributed by atoms with Crippen molar-refractivity contribution in [2.45, 2.75) is 0 Å². The van der Waals surface area contributed by atoms with E-state index in [4.69, 9.17) is 5.26 Å². The van der Waals surface area contributed by atoms with Crippen LogP contribution in [0.25, 0.3) is 0 Å². The maximum atomic E-state index is 10.2. The monoisotopic (exact) mass is 160 g/mol. The summed E-state index contributed by atoms with van der Waals surface area (Å²) in [6.07, 6.45) is 1.21. The molecule has 0 unspecified atom stereocenters. The van der Waals surface area contributed by atoms with Gasteiger partial charge >= 0.3 is 37.7 Å². The number of rotatable bonds is 1. The number of aromatic nitrogens is 1. The van der Waals surface area contributed by atoms with Gasteiger partial charge in [0, 0.05) is 6.20 Å². The topological polar surface area (TPSA) is 82.8 Å². The molecule has 0 aliphatic carbocycles. The molecule has 1 rings (SSSR count). The van der Waals surface area contributed by atoms with Crippen molar-refractivity contribution in [2.75, 3.05) is 0 Å². The third-order valence-electron chi connectivity index (χ3n) is 1.16. The van der Waals surface area contributed by atoms with Gasteiger partial charge in [0.25, 0.3) is 0 Å². The van der Waals surface area contributed by atoms with Crippen LogP contribution in [0.3, 0.4) is 0 Å². The normalized spacial score (nSPS) is 7.46. The Kier molecular flexibility index (Phi) is 8.53. The molecule has 0 aliphatic rings. The smallest absolute Gasteiger partial charge is 0.888 e. The molecular weight excluding hydrogens is 157 g/mol. The minimum atomic E-state index is -2.07. The second-order valence-corrected chi connectivity index (χ2v) is 1.92. The fraction of sp³-hybridized carbons (Fsp3) is 0. The SMILES string of the molecule is N#Cc1ccc(B([O-])[O-])nc1.[Li+].[Li+]. The van der Waals surface area contributed by atoms with Gasteiger partial charge in [-0.1, -0.05) is 6.07 Å². The average Bonchev–Trinajstić information content (AvgIpc) is 2.05. The van der Waals surface area contributed by atoms with Crippen LogP contribution in [0.15, 0.2) is 18.3 Å². The third kappa shape index (κ3) is 4.55. The number of hydrogen-bond acceptors (Lipinski definition) is 4. The molecule has 0 saturated carbocycles. The molecule has 0 aliphatic heterocycles. The Hall–Kier alpha value is -0.180. The third-order valence-corrected chi connectivity index (χ3v) is 1.16. The Balaban J connectivity index is 0. The first-order valence-corrected chi connectivity index (χ1v) is 2.91. The molecule has 54 valence electrons. The molecule has 0 aromatic carbocycles. The van der Waals surface area contributed by atoms with Gasteiger partial charge in [-0.25, -0.2) is 0 Å². The van der Waals surface area contributed by atoms with Crippen molar-refractivity contribution in [1.29, 1.82) is 5.26 Å². The van der Waals surface area contributed by atoms with Crippen LogP contribution in [0.4, 0.5) is 0 Å². The van der Waals surface area contributed by atoms with Crippen LogP contribution < -0.4 is 53.4 Å². The second-order valence-electron chi connectivity index (χ2n) is 1.92. The molecule has 0 spiro atoms. The van der Waals surface area contributed by atoms with Crippen molar-refractivity contribution in [1.82, 2.24) is 4.98 Å². The number of hydrogen-bond donors (Lipinski definition) is 0. The van der Waals surface area contributed by atoms with Gasteiger partial charge in [0.1, 0.15) is 6.07 Å². The standard InChI is InChI=1S/C6H3BN2O2.2Li/c8-3-5-1-2-6(7(10)11)9-4-5;;/h1-2,4H;;/q-2;2*+1. The molecule has 0 radical (unpaired) electrons. The van der Waals surface area contributed by atoms with E-state index in [1.807, 2.05) is 6.07 Å². The largest absolute Gasteiger partial charge is 1.00 e. The minimum absolute atomic E-state index is 0. The molecule has 0 N–H and O–H groups in total. The summed E-state index contributed by atoms with van der Waals surface area (Å²) in [4.78, 5) is 3.50. The van der Waals surface area contributed by atoms with Gasteiger partial charge in [0.05, 0.1) is 5.56 Å². The molecule has 1 aromatic rings. The molecule has 0 saturated heterocycles. The van der Waals surface area contributed by atoms with E-state index in [1.165, 1.54) is 18.3 Å². The van der Waals surface area contributed by atoms with E-state index in [0.29, 0.717) is 5.56 Å². The Labute approximate surface area is 100 Å². The van der Waals surface area contributed by atoms with Crippen molar-refractivity contribution < 1.29 is 47.8 Å². The number of nitrogens with zero attached hydrogens (tertiary/aromatic N) is 2. The molecule has 0 bridgehead atoms. The van der Waals surface area contributed by atoms with Crippen molar-refractivity contribution in [3.63, 3.8) is 0 Å². The summed E-state index contributed by atoms with van der Waals surface area (Å²) in [6.45, 7) is 0. The van der Waals surface area contributed by atoms with Crippen LogP contribution in [0.2, 0.25) is 0 Å².